The molecule has 5 nitrogen and oxygen atoms in total. The van der Waals surface area contributed by atoms with Crippen LogP contribution in [0.1, 0.15) is 17.8 Å². The molecule has 0 unspecified atom stereocenters. The Labute approximate surface area is 183 Å². The monoisotopic (exact) mass is 441 g/mol. The van der Waals surface area contributed by atoms with Crippen LogP contribution in [0.4, 0.5) is 5.69 Å². The Bertz CT molecular complexity index is 1020. The number of anilines is 1. The molecule has 1 N–H and O–H groups in total. The second-order valence-electron chi connectivity index (χ2n) is 7.54. The molecule has 1 saturated heterocycles. The van der Waals surface area contributed by atoms with Crippen LogP contribution in [-0.4, -0.2) is 45.5 Å². The van der Waals surface area contributed by atoms with E-state index in [0.717, 1.165) is 26.2 Å². The van der Waals surface area contributed by atoms with Crippen molar-refractivity contribution in [1.82, 2.24) is 9.62 Å². The van der Waals surface area contributed by atoms with Crippen molar-refractivity contribution in [2.24, 2.45) is 0 Å². The van der Waals surface area contributed by atoms with Gasteiger partial charge in [-0.05, 0) is 42.6 Å². The first kappa shape index (κ1) is 21.1. The van der Waals surface area contributed by atoms with E-state index in [1.54, 1.807) is 35.6 Å². The van der Waals surface area contributed by atoms with Crippen LogP contribution in [0.25, 0.3) is 0 Å². The van der Waals surface area contributed by atoms with Crippen LogP contribution < -0.4 is 9.62 Å². The lowest BCUT2D eigenvalue weighted by Crippen LogP contribution is -2.52. The van der Waals surface area contributed by atoms with Gasteiger partial charge in [0.1, 0.15) is 0 Å². The van der Waals surface area contributed by atoms with E-state index in [1.807, 2.05) is 25.1 Å². The summed E-state index contributed by atoms with van der Waals surface area (Å²) in [6.07, 6.45) is 0. The number of benzene rings is 2. The van der Waals surface area contributed by atoms with Crippen LogP contribution in [-0.2, 0) is 10.0 Å². The van der Waals surface area contributed by atoms with Gasteiger partial charge in [-0.3, -0.25) is 4.90 Å². The van der Waals surface area contributed by atoms with Crippen molar-refractivity contribution in [1.29, 1.82) is 0 Å². The first-order valence-electron chi connectivity index (χ1n) is 10.2. The van der Waals surface area contributed by atoms with Gasteiger partial charge >= 0.3 is 0 Å². The molecule has 0 aliphatic carbocycles. The van der Waals surface area contributed by atoms with E-state index in [9.17, 15) is 8.42 Å². The summed E-state index contributed by atoms with van der Waals surface area (Å²) in [5.41, 5.74) is 1.24. The van der Waals surface area contributed by atoms with Crippen LogP contribution >= 0.6 is 11.3 Å². The number of rotatable bonds is 7. The molecule has 1 fully saturated rings. The minimum Gasteiger partial charge on any atom is -0.369 e. The summed E-state index contributed by atoms with van der Waals surface area (Å²) in [5, 5.41) is 2.06. The summed E-state index contributed by atoms with van der Waals surface area (Å²) >= 11 is 1.68. The molecule has 4 rings (SSSR count). The molecule has 158 valence electrons. The fourth-order valence-electron chi connectivity index (χ4n) is 4.08. The standard InChI is InChI=1S/C23H27N3O2S2/c1-19(24-30(27,28)21-11-6-3-7-12-21)23(22-13-8-18-29-22)26-16-14-25(15-17-26)20-9-4-2-5-10-20/h2-13,18-19,23-24H,14-17H2,1H3/t19-,23-/m1/s1. The maximum atomic E-state index is 12.9. The average molecular weight is 442 g/mol. The Balaban J connectivity index is 1.50. The first-order chi connectivity index (χ1) is 14.5. The van der Waals surface area contributed by atoms with Gasteiger partial charge in [-0.2, -0.15) is 0 Å². The molecule has 2 heterocycles. The zero-order valence-corrected chi connectivity index (χ0v) is 18.6. The molecule has 0 radical (unpaired) electrons. The molecule has 0 bridgehead atoms. The van der Waals surface area contributed by atoms with Gasteiger partial charge in [0.15, 0.2) is 0 Å². The molecule has 7 heteroatoms. The zero-order chi connectivity index (χ0) is 21.0. The van der Waals surface area contributed by atoms with E-state index >= 15 is 0 Å². The van der Waals surface area contributed by atoms with Gasteiger partial charge in [-0.25, -0.2) is 13.1 Å². The Morgan fingerprint density at radius 2 is 1.50 bits per heavy atom. The number of para-hydroxylation sites is 1. The van der Waals surface area contributed by atoms with Crippen LogP contribution in [0.3, 0.4) is 0 Å². The van der Waals surface area contributed by atoms with Gasteiger partial charge in [0.2, 0.25) is 10.0 Å². The fourth-order valence-corrected chi connectivity index (χ4v) is 6.31. The van der Waals surface area contributed by atoms with Crippen LogP contribution in [0.2, 0.25) is 0 Å². The maximum Gasteiger partial charge on any atom is 0.240 e. The molecule has 0 amide bonds. The molecular formula is C23H27N3O2S2. The zero-order valence-electron chi connectivity index (χ0n) is 17.0. The average Bonchev–Trinajstić information content (AvgIpc) is 3.29. The molecular weight excluding hydrogens is 414 g/mol. The van der Waals surface area contributed by atoms with Crippen LogP contribution in [0.15, 0.2) is 83.1 Å². The molecule has 30 heavy (non-hydrogen) atoms. The highest BCUT2D eigenvalue weighted by Crippen LogP contribution is 2.31. The number of nitrogens with zero attached hydrogens (tertiary/aromatic N) is 2. The van der Waals surface area contributed by atoms with Crippen molar-refractivity contribution in [2.45, 2.75) is 23.9 Å². The second-order valence-corrected chi connectivity index (χ2v) is 10.2. The molecule has 1 aromatic heterocycles. The molecule has 3 aromatic rings. The highest BCUT2D eigenvalue weighted by molar-refractivity contribution is 7.89. The summed E-state index contributed by atoms with van der Waals surface area (Å²) < 4.78 is 28.7. The number of piperazine rings is 1. The SMILES string of the molecule is C[C@@H](NS(=O)(=O)c1ccccc1)[C@H](c1cccs1)N1CCN(c2ccccc2)CC1. The van der Waals surface area contributed by atoms with Crippen LogP contribution in [0, 0.1) is 0 Å². The number of sulfonamides is 1. The summed E-state index contributed by atoms with van der Waals surface area (Å²) in [4.78, 5) is 6.28. The minimum atomic E-state index is -3.57. The number of thiophene rings is 1. The second kappa shape index (κ2) is 9.31. The van der Waals surface area contributed by atoms with Gasteiger partial charge in [0.05, 0.1) is 10.9 Å². The van der Waals surface area contributed by atoms with Crippen molar-refractivity contribution in [2.75, 3.05) is 31.1 Å². The van der Waals surface area contributed by atoms with Gasteiger partial charge in [0.25, 0.3) is 0 Å². The van der Waals surface area contributed by atoms with E-state index in [2.05, 4.69) is 50.2 Å². The van der Waals surface area contributed by atoms with E-state index in [-0.39, 0.29) is 12.1 Å². The van der Waals surface area contributed by atoms with Crippen LogP contribution in [0.5, 0.6) is 0 Å². The Hall–Kier alpha value is -2.19. The number of hydrogen-bond donors (Lipinski definition) is 1. The molecule has 0 spiro atoms. The normalized spacial score (nSPS) is 17.6. The minimum absolute atomic E-state index is 0.00131. The van der Waals surface area contributed by atoms with E-state index in [4.69, 9.17) is 0 Å². The third-order valence-electron chi connectivity index (χ3n) is 5.53. The van der Waals surface area contributed by atoms with Crippen molar-refractivity contribution in [3.8, 4) is 0 Å². The predicted octanol–water partition coefficient (Wildman–Crippen LogP) is 3.98. The molecule has 2 aromatic carbocycles. The summed E-state index contributed by atoms with van der Waals surface area (Å²) in [6.45, 7) is 5.58. The Morgan fingerprint density at radius 3 is 2.10 bits per heavy atom. The fraction of sp³-hybridized carbons (Fsp3) is 0.304. The highest BCUT2D eigenvalue weighted by Gasteiger charge is 2.32. The van der Waals surface area contributed by atoms with E-state index in [0.29, 0.717) is 4.90 Å². The number of nitrogens with one attached hydrogen (secondary N) is 1. The highest BCUT2D eigenvalue weighted by atomic mass is 32.2. The van der Waals surface area contributed by atoms with Crippen molar-refractivity contribution in [3.63, 3.8) is 0 Å². The molecule has 1 aliphatic rings. The lowest BCUT2D eigenvalue weighted by Gasteiger charge is -2.42. The Kier molecular flexibility index (Phi) is 6.53. The van der Waals surface area contributed by atoms with E-state index in [1.165, 1.54) is 10.6 Å². The molecule has 0 saturated carbocycles. The Morgan fingerprint density at radius 1 is 0.867 bits per heavy atom. The van der Waals surface area contributed by atoms with Gasteiger partial charge in [-0.15, -0.1) is 11.3 Å². The van der Waals surface area contributed by atoms with Gasteiger partial charge < -0.3 is 4.90 Å². The third kappa shape index (κ3) is 4.75. The predicted molar refractivity (Wildman–Crippen MR) is 124 cm³/mol. The maximum absolute atomic E-state index is 12.9. The molecule has 1 aliphatic heterocycles. The summed E-state index contributed by atoms with van der Waals surface area (Å²) in [5.74, 6) is 0. The van der Waals surface area contributed by atoms with E-state index < -0.39 is 10.0 Å². The van der Waals surface area contributed by atoms with Crippen molar-refractivity contribution in [3.05, 3.63) is 83.1 Å². The smallest absolute Gasteiger partial charge is 0.240 e. The van der Waals surface area contributed by atoms with Crippen molar-refractivity contribution < 1.29 is 8.42 Å². The summed E-state index contributed by atoms with van der Waals surface area (Å²) in [6, 6.07) is 22.9. The largest absolute Gasteiger partial charge is 0.369 e. The quantitative estimate of drug-likeness (QED) is 0.603. The molecule has 2 atom stereocenters. The topological polar surface area (TPSA) is 52.7 Å². The third-order valence-corrected chi connectivity index (χ3v) is 8.05. The number of hydrogen-bond acceptors (Lipinski definition) is 5. The lowest BCUT2D eigenvalue weighted by atomic mass is 10.1. The first-order valence-corrected chi connectivity index (χ1v) is 12.6. The summed E-state index contributed by atoms with van der Waals surface area (Å²) in [7, 11) is -3.57. The van der Waals surface area contributed by atoms with Gasteiger partial charge in [0, 0.05) is 42.8 Å². The lowest BCUT2D eigenvalue weighted by molar-refractivity contribution is 0.164. The van der Waals surface area contributed by atoms with Crippen molar-refractivity contribution >= 4 is 27.0 Å². The van der Waals surface area contributed by atoms with Gasteiger partial charge in [-0.1, -0.05) is 42.5 Å².